The number of carbonyl (C=O) groups is 1. The molecule has 2 atom stereocenters. The Hall–Kier alpha value is -2.12. The molecule has 0 aliphatic carbocycles. The molecule has 1 aromatic rings. The van der Waals surface area contributed by atoms with E-state index in [-0.39, 0.29) is 17.4 Å². The molecule has 1 aromatic carbocycles. The van der Waals surface area contributed by atoms with Crippen LogP contribution < -0.4 is 16.0 Å². The Morgan fingerprint density at radius 1 is 1.22 bits per heavy atom. The summed E-state index contributed by atoms with van der Waals surface area (Å²) in [5.74, 6) is 1.21. The lowest BCUT2D eigenvalue weighted by atomic mass is 9.78. The van der Waals surface area contributed by atoms with Gasteiger partial charge in [0.15, 0.2) is 5.96 Å². The van der Waals surface area contributed by atoms with Gasteiger partial charge in [0.05, 0.1) is 12.6 Å². The van der Waals surface area contributed by atoms with Crippen LogP contribution in [0.1, 0.15) is 56.5 Å². The molecule has 180 valence electrons. The molecular weight excluding hydrogens is 402 g/mol. The molecule has 0 saturated carbocycles. The molecular formula is C25H43N5O2. The number of amides is 1. The Balaban J connectivity index is 1.97. The molecule has 1 aliphatic heterocycles. The maximum absolute atomic E-state index is 12.4. The van der Waals surface area contributed by atoms with Crippen molar-refractivity contribution in [2.75, 3.05) is 46.9 Å². The van der Waals surface area contributed by atoms with Gasteiger partial charge in [0.2, 0.25) is 0 Å². The van der Waals surface area contributed by atoms with Crippen molar-refractivity contribution in [1.82, 2.24) is 20.9 Å². The van der Waals surface area contributed by atoms with Crippen molar-refractivity contribution < 1.29 is 9.53 Å². The second-order valence-electron chi connectivity index (χ2n) is 9.90. The first-order valence-electron chi connectivity index (χ1n) is 11.9. The summed E-state index contributed by atoms with van der Waals surface area (Å²) >= 11 is 0. The summed E-state index contributed by atoms with van der Waals surface area (Å²) in [7, 11) is 3.98. The highest BCUT2D eigenvalue weighted by Crippen LogP contribution is 2.33. The highest BCUT2D eigenvalue weighted by Gasteiger charge is 2.35. The fraction of sp³-hybridized carbons (Fsp3) is 0.680. The van der Waals surface area contributed by atoms with Crippen LogP contribution in [0.25, 0.3) is 0 Å². The van der Waals surface area contributed by atoms with Crippen LogP contribution in [0.15, 0.2) is 29.3 Å². The Labute approximate surface area is 194 Å². The Morgan fingerprint density at radius 3 is 2.69 bits per heavy atom. The number of likely N-dealkylation sites (N-methyl/N-ethyl adjacent to an activating group) is 1. The van der Waals surface area contributed by atoms with Gasteiger partial charge < -0.3 is 25.6 Å². The van der Waals surface area contributed by atoms with E-state index in [2.05, 4.69) is 43.6 Å². The third kappa shape index (κ3) is 8.79. The maximum atomic E-state index is 12.4. The van der Waals surface area contributed by atoms with Crippen LogP contribution in [0.5, 0.6) is 0 Å². The summed E-state index contributed by atoms with van der Waals surface area (Å²) in [5.41, 5.74) is 1.80. The van der Waals surface area contributed by atoms with E-state index in [1.165, 1.54) is 6.42 Å². The fourth-order valence-corrected chi connectivity index (χ4v) is 4.06. The molecule has 1 fully saturated rings. The number of hydrogen-bond acceptors (Lipinski definition) is 4. The second kappa shape index (κ2) is 12.8. The van der Waals surface area contributed by atoms with Gasteiger partial charge in [-0.05, 0) is 57.0 Å². The van der Waals surface area contributed by atoms with Gasteiger partial charge in [0.25, 0.3) is 5.91 Å². The first-order valence-corrected chi connectivity index (χ1v) is 11.9. The van der Waals surface area contributed by atoms with E-state index in [0.29, 0.717) is 24.6 Å². The van der Waals surface area contributed by atoms with Crippen molar-refractivity contribution in [3.05, 3.63) is 35.4 Å². The molecule has 0 aromatic heterocycles. The molecule has 2 unspecified atom stereocenters. The Bertz CT molecular complexity index is 742. The number of benzene rings is 1. The van der Waals surface area contributed by atoms with Gasteiger partial charge in [-0.25, -0.2) is 4.99 Å². The van der Waals surface area contributed by atoms with Gasteiger partial charge in [-0.2, -0.15) is 0 Å². The van der Waals surface area contributed by atoms with E-state index in [9.17, 15) is 4.79 Å². The number of hydrogen-bond donors (Lipinski definition) is 3. The molecule has 7 nitrogen and oxygen atoms in total. The summed E-state index contributed by atoms with van der Waals surface area (Å²) in [6.45, 7) is 13.3. The summed E-state index contributed by atoms with van der Waals surface area (Å²) in [4.78, 5) is 19.2. The smallest absolute Gasteiger partial charge is 0.251 e. The van der Waals surface area contributed by atoms with Crippen LogP contribution in [0.3, 0.4) is 0 Å². The second-order valence-corrected chi connectivity index (χ2v) is 9.90. The Kier molecular flexibility index (Phi) is 10.5. The van der Waals surface area contributed by atoms with E-state index in [1.54, 1.807) is 0 Å². The SMILES string of the molecule is CCNC(=NCc1cccc(C(=O)NCCN(C)C)c1)NCC1CCCOC1C(C)(C)C. The summed E-state index contributed by atoms with van der Waals surface area (Å²) in [6, 6.07) is 7.69. The van der Waals surface area contributed by atoms with Crippen molar-refractivity contribution >= 4 is 11.9 Å². The van der Waals surface area contributed by atoms with E-state index in [1.807, 2.05) is 43.3 Å². The van der Waals surface area contributed by atoms with Crippen LogP contribution in [0, 0.1) is 11.3 Å². The number of ether oxygens (including phenoxy) is 1. The van der Waals surface area contributed by atoms with Crippen molar-refractivity contribution in [2.45, 2.75) is 53.2 Å². The minimum absolute atomic E-state index is 0.0479. The van der Waals surface area contributed by atoms with Gasteiger partial charge in [0.1, 0.15) is 0 Å². The lowest BCUT2D eigenvalue weighted by Gasteiger charge is -2.40. The number of rotatable bonds is 9. The number of nitrogens with zero attached hydrogens (tertiary/aromatic N) is 2. The minimum Gasteiger partial charge on any atom is -0.377 e. The summed E-state index contributed by atoms with van der Waals surface area (Å²) in [5, 5.41) is 9.81. The highest BCUT2D eigenvalue weighted by atomic mass is 16.5. The zero-order chi connectivity index (χ0) is 23.6. The topological polar surface area (TPSA) is 78.0 Å². The van der Waals surface area contributed by atoms with Gasteiger partial charge in [-0.1, -0.05) is 32.9 Å². The quantitative estimate of drug-likeness (QED) is 0.402. The Morgan fingerprint density at radius 2 is 2.00 bits per heavy atom. The first-order chi connectivity index (χ1) is 15.2. The van der Waals surface area contributed by atoms with Crippen molar-refractivity contribution in [3.8, 4) is 0 Å². The number of carbonyl (C=O) groups excluding carboxylic acids is 1. The van der Waals surface area contributed by atoms with E-state index < -0.39 is 0 Å². The van der Waals surface area contributed by atoms with Crippen LogP contribution >= 0.6 is 0 Å². The van der Waals surface area contributed by atoms with Gasteiger partial charge in [-0.15, -0.1) is 0 Å². The molecule has 1 heterocycles. The maximum Gasteiger partial charge on any atom is 0.251 e. The van der Waals surface area contributed by atoms with Gasteiger partial charge >= 0.3 is 0 Å². The molecule has 0 bridgehead atoms. The van der Waals surface area contributed by atoms with Gasteiger partial charge in [-0.3, -0.25) is 4.79 Å². The zero-order valence-corrected chi connectivity index (χ0v) is 20.8. The third-order valence-electron chi connectivity index (χ3n) is 5.63. The third-order valence-corrected chi connectivity index (χ3v) is 5.63. The molecule has 0 radical (unpaired) electrons. The van der Waals surface area contributed by atoms with Crippen molar-refractivity contribution in [1.29, 1.82) is 0 Å². The van der Waals surface area contributed by atoms with E-state index >= 15 is 0 Å². The van der Waals surface area contributed by atoms with Crippen molar-refractivity contribution in [2.24, 2.45) is 16.3 Å². The number of aliphatic imine (C=N–C) groups is 1. The molecule has 1 aliphatic rings. The standard InChI is InChI=1S/C25H43N5O2/c1-7-26-24(29-18-21-12-9-15-32-22(21)25(2,3)4)28-17-19-10-8-11-20(16-19)23(31)27-13-14-30(5)6/h8,10-11,16,21-22H,7,9,12-15,17-18H2,1-6H3,(H,27,31)(H2,26,28,29). The van der Waals surface area contributed by atoms with Crippen LogP contribution in [0.2, 0.25) is 0 Å². The normalized spacial score (nSPS) is 19.7. The molecule has 0 spiro atoms. The molecule has 2 rings (SSSR count). The molecule has 7 heteroatoms. The summed E-state index contributed by atoms with van der Waals surface area (Å²) < 4.78 is 6.11. The van der Waals surface area contributed by atoms with E-state index in [4.69, 9.17) is 9.73 Å². The molecule has 1 saturated heterocycles. The average molecular weight is 446 g/mol. The van der Waals surface area contributed by atoms with E-state index in [0.717, 1.165) is 44.2 Å². The minimum atomic E-state index is -0.0479. The molecule has 1 amide bonds. The number of nitrogens with one attached hydrogen (secondary N) is 3. The monoisotopic (exact) mass is 445 g/mol. The average Bonchev–Trinajstić information content (AvgIpc) is 2.75. The molecule has 32 heavy (non-hydrogen) atoms. The lowest BCUT2D eigenvalue weighted by molar-refractivity contribution is -0.0835. The largest absolute Gasteiger partial charge is 0.377 e. The molecule has 3 N–H and O–H groups in total. The predicted octanol–water partition coefficient (Wildman–Crippen LogP) is 2.87. The lowest BCUT2D eigenvalue weighted by Crippen LogP contribution is -2.47. The fourth-order valence-electron chi connectivity index (χ4n) is 4.06. The first kappa shape index (κ1) is 26.1. The highest BCUT2D eigenvalue weighted by molar-refractivity contribution is 5.94. The van der Waals surface area contributed by atoms with Gasteiger partial charge in [0, 0.05) is 44.3 Å². The van der Waals surface area contributed by atoms with Crippen molar-refractivity contribution in [3.63, 3.8) is 0 Å². The predicted molar refractivity (Wildman–Crippen MR) is 132 cm³/mol. The zero-order valence-electron chi connectivity index (χ0n) is 20.8. The van der Waals surface area contributed by atoms with Crippen LogP contribution in [-0.4, -0.2) is 69.8 Å². The number of guanidine groups is 1. The summed E-state index contributed by atoms with van der Waals surface area (Å²) in [6.07, 6.45) is 2.52. The van der Waals surface area contributed by atoms with Crippen LogP contribution in [-0.2, 0) is 11.3 Å². The van der Waals surface area contributed by atoms with Crippen LogP contribution in [0.4, 0.5) is 0 Å².